The first-order valence-corrected chi connectivity index (χ1v) is 14.6. The zero-order valence-electron chi connectivity index (χ0n) is 24.3. The largest absolute Gasteiger partial charge is 0.464 e. The Bertz CT molecular complexity index is 1630. The number of rotatable bonds is 9. The number of benzene rings is 1. The molecule has 2 fully saturated rings. The number of fused-ring (bicyclic) bond motifs is 1. The summed E-state index contributed by atoms with van der Waals surface area (Å²) in [6.07, 6.45) is 2.98. The lowest BCUT2D eigenvalue weighted by atomic mass is 9.92. The summed E-state index contributed by atoms with van der Waals surface area (Å²) in [5.74, 6) is -0.0499. The van der Waals surface area contributed by atoms with Gasteiger partial charge in [-0.15, -0.1) is 5.10 Å². The van der Waals surface area contributed by atoms with Gasteiger partial charge in [-0.25, -0.2) is 9.78 Å². The number of halogens is 1. The lowest BCUT2D eigenvalue weighted by Gasteiger charge is -2.40. The Morgan fingerprint density at radius 1 is 1.25 bits per heavy atom. The molecule has 5 rings (SSSR count). The number of nitriles is 2. The number of anilines is 4. The van der Waals surface area contributed by atoms with Crippen molar-refractivity contribution < 1.29 is 19.1 Å². The van der Waals surface area contributed by atoms with E-state index in [1.54, 1.807) is 12.1 Å². The summed E-state index contributed by atoms with van der Waals surface area (Å²) in [5.41, 5.74) is 1.91. The van der Waals surface area contributed by atoms with Crippen molar-refractivity contribution in [3.05, 3.63) is 34.6 Å². The summed E-state index contributed by atoms with van der Waals surface area (Å²) in [4.78, 5) is 35.5. The maximum atomic E-state index is 12.6. The number of esters is 1. The van der Waals surface area contributed by atoms with E-state index in [4.69, 9.17) is 21.1 Å². The normalized spacial score (nSPS) is 19.6. The molecule has 2 aliphatic heterocycles. The van der Waals surface area contributed by atoms with Crippen LogP contribution in [-0.4, -0.2) is 83.6 Å². The van der Waals surface area contributed by atoms with Crippen molar-refractivity contribution in [3.63, 3.8) is 0 Å². The Balaban J connectivity index is 1.42. The van der Waals surface area contributed by atoms with Gasteiger partial charge in [0.2, 0.25) is 5.95 Å². The monoisotopic (exact) mass is 621 g/mol. The molecular formula is C28H32ClN11O4. The lowest BCUT2D eigenvalue weighted by molar-refractivity contribution is -0.147. The van der Waals surface area contributed by atoms with Crippen LogP contribution in [0.4, 0.5) is 27.9 Å². The quantitative estimate of drug-likeness (QED) is 0.255. The lowest BCUT2D eigenvalue weighted by Crippen LogP contribution is -2.53. The zero-order valence-corrected chi connectivity index (χ0v) is 25.0. The first kappa shape index (κ1) is 30.6. The number of methoxy groups -OCH3 is 1. The number of amides is 1. The van der Waals surface area contributed by atoms with Gasteiger partial charge in [0.05, 0.1) is 47.9 Å². The molecule has 3 unspecified atom stereocenters. The van der Waals surface area contributed by atoms with Gasteiger partial charge in [-0.2, -0.15) is 20.0 Å². The molecule has 0 bridgehead atoms. The minimum atomic E-state index is -0.570. The molecule has 15 nitrogen and oxygen atoms in total. The zero-order chi connectivity index (χ0) is 31.2. The van der Waals surface area contributed by atoms with Gasteiger partial charge in [0.15, 0.2) is 17.2 Å². The van der Waals surface area contributed by atoms with Crippen LogP contribution in [0, 0.1) is 28.6 Å². The fraction of sp³-hybridized carbons (Fsp3) is 0.464. The van der Waals surface area contributed by atoms with Crippen LogP contribution in [0.3, 0.4) is 0 Å². The molecule has 3 aromatic rings. The Hall–Kier alpha value is -4.86. The molecule has 4 N–H and O–H groups in total. The van der Waals surface area contributed by atoms with Crippen molar-refractivity contribution in [1.29, 1.82) is 10.5 Å². The van der Waals surface area contributed by atoms with Gasteiger partial charge in [-0.3, -0.25) is 4.79 Å². The van der Waals surface area contributed by atoms with Gasteiger partial charge in [-0.1, -0.05) is 11.6 Å². The fourth-order valence-electron chi connectivity index (χ4n) is 5.41. The van der Waals surface area contributed by atoms with Crippen molar-refractivity contribution in [3.8, 4) is 12.1 Å². The number of ether oxygens (including phenoxy) is 2. The number of aromatic nitrogens is 4. The highest BCUT2D eigenvalue weighted by atomic mass is 35.5. The summed E-state index contributed by atoms with van der Waals surface area (Å²) >= 11 is 6.94. The maximum Gasteiger partial charge on any atom is 0.407 e. The van der Waals surface area contributed by atoms with E-state index in [1.165, 1.54) is 17.8 Å². The van der Waals surface area contributed by atoms with Crippen LogP contribution in [0.2, 0.25) is 5.02 Å². The first-order chi connectivity index (χ1) is 21.3. The van der Waals surface area contributed by atoms with Gasteiger partial charge in [0, 0.05) is 31.6 Å². The minimum Gasteiger partial charge on any atom is -0.464 e. The predicted molar refractivity (Wildman–Crippen MR) is 161 cm³/mol. The van der Waals surface area contributed by atoms with Gasteiger partial charge < -0.3 is 35.6 Å². The van der Waals surface area contributed by atoms with Crippen LogP contribution < -0.4 is 26.2 Å². The molecule has 44 heavy (non-hydrogen) atoms. The van der Waals surface area contributed by atoms with Crippen molar-refractivity contribution in [2.45, 2.75) is 38.3 Å². The molecule has 16 heteroatoms. The Morgan fingerprint density at radius 3 is 2.80 bits per heavy atom. The molecule has 0 spiro atoms. The highest BCUT2D eigenvalue weighted by Gasteiger charge is 2.34. The smallest absolute Gasteiger partial charge is 0.407 e. The fourth-order valence-corrected chi connectivity index (χ4v) is 5.68. The summed E-state index contributed by atoms with van der Waals surface area (Å²) < 4.78 is 11.9. The van der Waals surface area contributed by atoms with Gasteiger partial charge >= 0.3 is 12.1 Å². The second kappa shape index (κ2) is 13.6. The topological polar surface area (TPSA) is 195 Å². The van der Waals surface area contributed by atoms with Crippen LogP contribution in [-0.2, 0) is 14.3 Å². The number of piperidine rings is 1. The molecule has 230 valence electrons. The number of hydrogen-bond acceptors (Lipinski definition) is 13. The number of alkyl carbamates (subject to hydrolysis) is 1. The summed E-state index contributed by atoms with van der Waals surface area (Å²) in [5, 5.41) is 36.3. The molecule has 0 aliphatic carbocycles. The molecule has 2 saturated heterocycles. The van der Waals surface area contributed by atoms with Crippen LogP contribution in [0.15, 0.2) is 18.3 Å². The van der Waals surface area contributed by atoms with Crippen molar-refractivity contribution in [2.75, 3.05) is 55.4 Å². The predicted octanol–water partition coefficient (Wildman–Crippen LogP) is 2.54. The van der Waals surface area contributed by atoms with E-state index < -0.39 is 6.09 Å². The molecular weight excluding hydrogens is 590 g/mol. The SMILES string of the molecule is CCNc1nc(Nc2cc(C#N)cc(N3CCC(NC(=O)OC)C(COC(=O)C4CCCN4)C3)c2Cl)nn2c(C#N)cnc12. The third kappa shape index (κ3) is 6.54. The Morgan fingerprint density at radius 2 is 2.09 bits per heavy atom. The Labute approximate surface area is 258 Å². The Kier molecular flexibility index (Phi) is 9.47. The molecule has 2 aliphatic rings. The van der Waals surface area contributed by atoms with Crippen LogP contribution in [0.1, 0.15) is 37.4 Å². The van der Waals surface area contributed by atoms with Gasteiger partial charge in [0.1, 0.15) is 12.1 Å². The summed E-state index contributed by atoms with van der Waals surface area (Å²) in [6.45, 7) is 4.18. The summed E-state index contributed by atoms with van der Waals surface area (Å²) in [6, 6.07) is 6.86. The van der Waals surface area contributed by atoms with Gasteiger partial charge in [0.25, 0.3) is 0 Å². The average Bonchev–Trinajstić information content (AvgIpc) is 3.72. The molecule has 0 radical (unpaired) electrons. The molecule has 0 saturated carbocycles. The third-order valence-electron chi connectivity index (χ3n) is 7.60. The summed E-state index contributed by atoms with van der Waals surface area (Å²) in [7, 11) is 1.30. The molecule has 4 heterocycles. The van der Waals surface area contributed by atoms with E-state index in [0.29, 0.717) is 59.5 Å². The number of nitrogens with zero attached hydrogens (tertiary/aromatic N) is 7. The standard InChI is InChI=1S/C28H32ClN11O4/c1-3-32-24-25-34-13-18(12-31)40(25)38-27(37-24)35-21-9-16(11-30)10-22(23(21)29)39-8-6-19(36-28(42)43-2)17(14-39)15-44-26(41)20-5-4-7-33-20/h9-10,13,17,19-20,33H,3-8,14-15H2,1-2H3,(H,36,42)(H2,32,35,37,38). The second-order valence-electron chi connectivity index (χ2n) is 10.4. The number of imidazole rings is 1. The second-order valence-corrected chi connectivity index (χ2v) is 10.8. The number of hydrogen-bond donors (Lipinski definition) is 4. The van der Waals surface area contributed by atoms with E-state index in [9.17, 15) is 20.1 Å². The number of carbonyl (C=O) groups is 2. The first-order valence-electron chi connectivity index (χ1n) is 14.2. The highest BCUT2D eigenvalue weighted by Crippen LogP contribution is 2.38. The number of nitrogens with one attached hydrogen (secondary N) is 4. The molecule has 1 amide bonds. The van der Waals surface area contributed by atoms with Gasteiger partial charge in [-0.05, 0) is 44.9 Å². The third-order valence-corrected chi connectivity index (χ3v) is 7.99. The molecule has 1 aromatic carbocycles. The molecule has 3 atom stereocenters. The van der Waals surface area contributed by atoms with E-state index in [2.05, 4.69) is 48.5 Å². The van der Waals surface area contributed by atoms with Crippen LogP contribution in [0.25, 0.3) is 5.65 Å². The minimum absolute atomic E-state index is 0.0794. The van der Waals surface area contributed by atoms with Crippen LogP contribution >= 0.6 is 11.6 Å². The maximum absolute atomic E-state index is 12.6. The van der Waals surface area contributed by atoms with E-state index in [0.717, 1.165) is 19.4 Å². The van der Waals surface area contributed by atoms with Crippen molar-refractivity contribution >= 4 is 52.5 Å². The van der Waals surface area contributed by atoms with Crippen molar-refractivity contribution in [1.82, 2.24) is 30.2 Å². The molecule has 2 aromatic heterocycles. The van der Waals surface area contributed by atoms with Crippen LogP contribution in [0.5, 0.6) is 0 Å². The average molecular weight is 622 g/mol. The highest BCUT2D eigenvalue weighted by molar-refractivity contribution is 6.36. The van der Waals surface area contributed by atoms with E-state index in [1.807, 2.05) is 11.8 Å². The van der Waals surface area contributed by atoms with E-state index >= 15 is 0 Å². The number of carbonyl (C=O) groups excluding carboxylic acids is 2. The van der Waals surface area contributed by atoms with E-state index in [-0.39, 0.29) is 42.2 Å². The van der Waals surface area contributed by atoms with Crippen molar-refractivity contribution in [2.24, 2.45) is 5.92 Å².